The molecule has 2 unspecified atom stereocenters. The standard InChI is InChI=1S/C13H26O2/c1-10(2)12-7-5-6-8-13(12,14)9-15-11(3)4/h10-12,14H,5-9H2,1-4H3. The third-order valence-corrected chi connectivity index (χ3v) is 3.54. The fourth-order valence-electron chi connectivity index (χ4n) is 2.69. The Labute approximate surface area is 94.0 Å². The van der Waals surface area contributed by atoms with Crippen LogP contribution < -0.4 is 0 Å². The van der Waals surface area contributed by atoms with Crippen LogP contribution in [0.4, 0.5) is 0 Å². The second-order valence-electron chi connectivity index (χ2n) is 5.56. The van der Waals surface area contributed by atoms with Gasteiger partial charge in [0.25, 0.3) is 0 Å². The third kappa shape index (κ3) is 3.46. The fraction of sp³-hybridized carbons (Fsp3) is 1.00. The van der Waals surface area contributed by atoms with Gasteiger partial charge in [0.05, 0.1) is 18.3 Å². The van der Waals surface area contributed by atoms with Crippen molar-refractivity contribution in [2.45, 2.75) is 65.1 Å². The maximum atomic E-state index is 10.6. The molecule has 1 aliphatic rings. The SMILES string of the molecule is CC(C)OCC1(O)CCCCC1C(C)C. The molecule has 1 fully saturated rings. The Morgan fingerprint density at radius 1 is 1.27 bits per heavy atom. The smallest absolute Gasteiger partial charge is 0.0910 e. The molecule has 0 bridgehead atoms. The Morgan fingerprint density at radius 2 is 1.93 bits per heavy atom. The molecule has 0 heterocycles. The van der Waals surface area contributed by atoms with Crippen LogP contribution in [0.5, 0.6) is 0 Å². The highest BCUT2D eigenvalue weighted by molar-refractivity contribution is 4.91. The minimum absolute atomic E-state index is 0.212. The van der Waals surface area contributed by atoms with E-state index in [9.17, 15) is 5.11 Å². The van der Waals surface area contributed by atoms with Crippen molar-refractivity contribution in [1.82, 2.24) is 0 Å². The maximum Gasteiger partial charge on any atom is 0.0910 e. The zero-order chi connectivity index (χ0) is 11.5. The van der Waals surface area contributed by atoms with Crippen molar-refractivity contribution in [3.8, 4) is 0 Å². The van der Waals surface area contributed by atoms with Crippen LogP contribution in [0, 0.1) is 11.8 Å². The lowest BCUT2D eigenvalue weighted by Gasteiger charge is -2.42. The topological polar surface area (TPSA) is 29.5 Å². The van der Waals surface area contributed by atoms with Crippen LogP contribution >= 0.6 is 0 Å². The fourth-order valence-corrected chi connectivity index (χ4v) is 2.69. The summed E-state index contributed by atoms with van der Waals surface area (Å²) >= 11 is 0. The van der Waals surface area contributed by atoms with Crippen molar-refractivity contribution in [2.24, 2.45) is 11.8 Å². The van der Waals surface area contributed by atoms with Crippen molar-refractivity contribution >= 4 is 0 Å². The first-order valence-corrected chi connectivity index (χ1v) is 6.29. The van der Waals surface area contributed by atoms with Gasteiger partial charge < -0.3 is 9.84 Å². The highest BCUT2D eigenvalue weighted by Crippen LogP contribution is 2.38. The Kier molecular flexibility index (Phi) is 4.60. The second-order valence-corrected chi connectivity index (χ2v) is 5.56. The van der Waals surface area contributed by atoms with Gasteiger partial charge >= 0.3 is 0 Å². The van der Waals surface area contributed by atoms with E-state index in [0.29, 0.717) is 18.4 Å². The van der Waals surface area contributed by atoms with E-state index in [0.717, 1.165) is 19.3 Å². The lowest BCUT2D eigenvalue weighted by Crippen LogP contribution is -2.47. The molecule has 1 N–H and O–H groups in total. The Bertz CT molecular complexity index is 189. The van der Waals surface area contributed by atoms with Crippen LogP contribution in [0.1, 0.15) is 53.4 Å². The summed E-state index contributed by atoms with van der Waals surface area (Å²) in [5.74, 6) is 0.955. The van der Waals surface area contributed by atoms with Crippen molar-refractivity contribution in [3.05, 3.63) is 0 Å². The molecule has 90 valence electrons. The number of ether oxygens (including phenoxy) is 1. The van der Waals surface area contributed by atoms with Gasteiger partial charge in [0.15, 0.2) is 0 Å². The van der Waals surface area contributed by atoms with E-state index in [1.165, 1.54) is 6.42 Å². The summed E-state index contributed by atoms with van der Waals surface area (Å²) in [6.07, 6.45) is 4.66. The van der Waals surface area contributed by atoms with Crippen molar-refractivity contribution in [1.29, 1.82) is 0 Å². The zero-order valence-electron chi connectivity index (χ0n) is 10.6. The van der Waals surface area contributed by atoms with Crippen molar-refractivity contribution in [3.63, 3.8) is 0 Å². The Hall–Kier alpha value is -0.0800. The Morgan fingerprint density at radius 3 is 2.47 bits per heavy atom. The minimum atomic E-state index is -0.573. The first-order valence-electron chi connectivity index (χ1n) is 6.29. The van der Waals surface area contributed by atoms with E-state index in [1.807, 2.05) is 13.8 Å². The average Bonchev–Trinajstić information content (AvgIpc) is 2.15. The molecule has 0 aromatic rings. The largest absolute Gasteiger partial charge is 0.387 e. The maximum absolute atomic E-state index is 10.6. The van der Waals surface area contributed by atoms with E-state index in [4.69, 9.17) is 4.74 Å². The van der Waals surface area contributed by atoms with Crippen LogP contribution in [0.15, 0.2) is 0 Å². The molecule has 1 saturated carbocycles. The van der Waals surface area contributed by atoms with Gasteiger partial charge in [-0.3, -0.25) is 0 Å². The second kappa shape index (κ2) is 5.31. The molecule has 0 aliphatic heterocycles. The lowest BCUT2D eigenvalue weighted by molar-refractivity contribution is -0.127. The molecule has 2 nitrogen and oxygen atoms in total. The van der Waals surface area contributed by atoms with E-state index in [-0.39, 0.29) is 6.10 Å². The molecule has 15 heavy (non-hydrogen) atoms. The van der Waals surface area contributed by atoms with Gasteiger partial charge in [-0.2, -0.15) is 0 Å². The van der Waals surface area contributed by atoms with Crippen LogP contribution in [0.3, 0.4) is 0 Å². The van der Waals surface area contributed by atoms with Gasteiger partial charge in [-0.25, -0.2) is 0 Å². The van der Waals surface area contributed by atoms with Crippen LogP contribution in [0.2, 0.25) is 0 Å². The average molecular weight is 214 g/mol. The molecule has 0 saturated heterocycles. The summed E-state index contributed by atoms with van der Waals surface area (Å²) in [5, 5.41) is 10.6. The zero-order valence-corrected chi connectivity index (χ0v) is 10.6. The van der Waals surface area contributed by atoms with E-state index in [1.54, 1.807) is 0 Å². The number of hydrogen-bond acceptors (Lipinski definition) is 2. The molecule has 0 amide bonds. The minimum Gasteiger partial charge on any atom is -0.387 e. The normalized spacial score (nSPS) is 32.6. The predicted octanol–water partition coefficient (Wildman–Crippen LogP) is 2.99. The predicted molar refractivity (Wildman–Crippen MR) is 62.8 cm³/mol. The van der Waals surface area contributed by atoms with Crippen LogP contribution in [-0.2, 0) is 4.74 Å². The van der Waals surface area contributed by atoms with Crippen LogP contribution in [0.25, 0.3) is 0 Å². The van der Waals surface area contributed by atoms with E-state index in [2.05, 4.69) is 13.8 Å². The monoisotopic (exact) mass is 214 g/mol. The molecule has 0 aromatic carbocycles. The lowest BCUT2D eigenvalue weighted by atomic mass is 9.70. The molecule has 0 aromatic heterocycles. The van der Waals surface area contributed by atoms with Crippen LogP contribution in [-0.4, -0.2) is 23.4 Å². The summed E-state index contributed by atoms with van der Waals surface area (Å²) in [6.45, 7) is 8.97. The number of rotatable bonds is 4. The molecule has 2 atom stereocenters. The summed E-state index contributed by atoms with van der Waals surface area (Å²) in [4.78, 5) is 0. The van der Waals surface area contributed by atoms with Gasteiger partial charge in [0.1, 0.15) is 0 Å². The highest BCUT2D eigenvalue weighted by atomic mass is 16.5. The number of hydrogen-bond donors (Lipinski definition) is 1. The third-order valence-electron chi connectivity index (χ3n) is 3.54. The summed E-state index contributed by atoms with van der Waals surface area (Å²) in [5.41, 5.74) is -0.573. The van der Waals surface area contributed by atoms with E-state index < -0.39 is 5.60 Å². The van der Waals surface area contributed by atoms with Gasteiger partial charge in [0.2, 0.25) is 0 Å². The molecule has 1 aliphatic carbocycles. The first kappa shape index (κ1) is 13.0. The first-order chi connectivity index (χ1) is 6.96. The molecule has 2 heteroatoms. The highest BCUT2D eigenvalue weighted by Gasteiger charge is 2.40. The van der Waals surface area contributed by atoms with Gasteiger partial charge in [-0.15, -0.1) is 0 Å². The van der Waals surface area contributed by atoms with Gasteiger partial charge in [0, 0.05) is 0 Å². The quantitative estimate of drug-likeness (QED) is 0.779. The number of aliphatic hydroxyl groups is 1. The van der Waals surface area contributed by atoms with Gasteiger partial charge in [-0.05, 0) is 38.5 Å². The molecule has 0 spiro atoms. The van der Waals surface area contributed by atoms with Crippen molar-refractivity contribution < 1.29 is 9.84 Å². The van der Waals surface area contributed by atoms with Gasteiger partial charge in [-0.1, -0.05) is 26.7 Å². The van der Waals surface area contributed by atoms with Crippen molar-refractivity contribution in [2.75, 3.05) is 6.61 Å². The molecular weight excluding hydrogens is 188 g/mol. The van der Waals surface area contributed by atoms with E-state index >= 15 is 0 Å². The molecule has 0 radical (unpaired) electrons. The molecular formula is C13H26O2. The summed E-state index contributed by atoms with van der Waals surface area (Å²) in [7, 11) is 0. The summed E-state index contributed by atoms with van der Waals surface area (Å²) < 4.78 is 5.61. The summed E-state index contributed by atoms with van der Waals surface area (Å²) in [6, 6.07) is 0. The Balaban J connectivity index is 2.59. The molecule has 1 rings (SSSR count).